The van der Waals surface area contributed by atoms with Gasteiger partial charge in [0.15, 0.2) is 0 Å². The summed E-state index contributed by atoms with van der Waals surface area (Å²) in [5.74, 6) is 0. The summed E-state index contributed by atoms with van der Waals surface area (Å²) in [6, 6.07) is 2.12. The van der Waals surface area contributed by atoms with Gasteiger partial charge in [-0.1, -0.05) is 39.0 Å². The van der Waals surface area contributed by atoms with E-state index < -0.39 is 0 Å². The van der Waals surface area contributed by atoms with Crippen LogP contribution >= 0.6 is 0 Å². The Hall–Kier alpha value is -0.0800. The van der Waals surface area contributed by atoms with E-state index in [1.54, 1.807) is 0 Å². The van der Waals surface area contributed by atoms with Crippen molar-refractivity contribution in [2.75, 3.05) is 13.1 Å². The predicted molar refractivity (Wildman–Crippen MR) is 85.7 cm³/mol. The van der Waals surface area contributed by atoms with Crippen LogP contribution in [0.15, 0.2) is 0 Å². The van der Waals surface area contributed by atoms with Crippen LogP contribution < -0.4 is 5.32 Å². The zero-order valence-corrected chi connectivity index (χ0v) is 13.8. The van der Waals surface area contributed by atoms with Gasteiger partial charge in [0.1, 0.15) is 0 Å². The molecular weight excluding hydrogens is 232 g/mol. The molecule has 2 heteroatoms. The van der Waals surface area contributed by atoms with Crippen molar-refractivity contribution in [2.24, 2.45) is 0 Å². The first-order chi connectivity index (χ1) is 9.15. The highest BCUT2D eigenvalue weighted by atomic mass is 15.2. The highest BCUT2D eigenvalue weighted by molar-refractivity contribution is 4.77. The number of nitrogens with zero attached hydrogens (tertiary/aromatic N) is 1. The molecule has 0 aromatic rings. The molecule has 1 unspecified atom stereocenters. The molecule has 0 saturated heterocycles. The number of rotatable bonds is 9. The van der Waals surface area contributed by atoms with Crippen molar-refractivity contribution in [1.82, 2.24) is 10.2 Å². The van der Waals surface area contributed by atoms with Gasteiger partial charge in [0.25, 0.3) is 0 Å². The van der Waals surface area contributed by atoms with Crippen LogP contribution in [0.4, 0.5) is 0 Å². The predicted octanol–water partition coefficient (Wildman–Crippen LogP) is 4.20. The van der Waals surface area contributed by atoms with Crippen molar-refractivity contribution in [3.05, 3.63) is 0 Å². The number of unbranched alkanes of at least 4 members (excludes halogenated alkanes) is 2. The molecule has 0 heterocycles. The van der Waals surface area contributed by atoms with E-state index in [9.17, 15) is 0 Å². The van der Waals surface area contributed by atoms with E-state index in [0.29, 0.717) is 12.1 Å². The van der Waals surface area contributed by atoms with E-state index in [-0.39, 0.29) is 0 Å². The van der Waals surface area contributed by atoms with Crippen molar-refractivity contribution >= 4 is 0 Å². The average molecular weight is 268 g/mol. The summed E-state index contributed by atoms with van der Waals surface area (Å²) in [6.45, 7) is 11.8. The molecule has 0 aliphatic heterocycles. The van der Waals surface area contributed by atoms with E-state index in [1.165, 1.54) is 57.9 Å². The summed E-state index contributed by atoms with van der Waals surface area (Å²) in [6.07, 6.45) is 11.1. The van der Waals surface area contributed by atoms with E-state index >= 15 is 0 Å². The normalized spacial score (nSPS) is 19.3. The smallest absolute Gasteiger partial charge is 0.0195 e. The molecule has 2 nitrogen and oxygen atoms in total. The molecule has 1 rings (SSSR count). The second-order valence-corrected chi connectivity index (χ2v) is 6.63. The van der Waals surface area contributed by atoms with Gasteiger partial charge >= 0.3 is 0 Å². The maximum absolute atomic E-state index is 3.81. The van der Waals surface area contributed by atoms with Gasteiger partial charge < -0.3 is 5.32 Å². The van der Waals surface area contributed by atoms with Gasteiger partial charge in [0, 0.05) is 24.7 Å². The fourth-order valence-corrected chi connectivity index (χ4v) is 3.29. The van der Waals surface area contributed by atoms with Crippen LogP contribution in [0.2, 0.25) is 0 Å². The third-order valence-corrected chi connectivity index (χ3v) is 4.56. The molecule has 114 valence electrons. The fraction of sp³-hybridized carbons (Fsp3) is 1.00. The van der Waals surface area contributed by atoms with Gasteiger partial charge in [0.05, 0.1) is 0 Å². The van der Waals surface area contributed by atoms with Gasteiger partial charge in [-0.3, -0.25) is 4.90 Å². The second kappa shape index (κ2) is 9.77. The Balaban J connectivity index is 2.27. The lowest BCUT2D eigenvalue weighted by Crippen LogP contribution is -2.47. The van der Waals surface area contributed by atoms with E-state index in [2.05, 4.69) is 37.9 Å². The van der Waals surface area contributed by atoms with Crippen molar-refractivity contribution < 1.29 is 0 Å². The monoisotopic (exact) mass is 268 g/mol. The summed E-state index contributed by atoms with van der Waals surface area (Å²) < 4.78 is 0. The largest absolute Gasteiger partial charge is 0.312 e. The lowest BCUT2D eigenvalue weighted by atomic mass is 9.95. The highest BCUT2D eigenvalue weighted by Gasteiger charge is 2.19. The molecule has 1 fully saturated rings. The molecular formula is C17H36N2. The van der Waals surface area contributed by atoms with Crippen LogP contribution in [0.25, 0.3) is 0 Å². The molecule has 0 amide bonds. The maximum atomic E-state index is 3.81. The summed E-state index contributed by atoms with van der Waals surface area (Å²) in [5, 5.41) is 3.81. The van der Waals surface area contributed by atoms with Crippen LogP contribution in [0.3, 0.4) is 0 Å². The lowest BCUT2D eigenvalue weighted by molar-refractivity contribution is 0.152. The molecule has 1 aliphatic rings. The Morgan fingerprint density at radius 1 is 1.05 bits per heavy atom. The molecule has 0 spiro atoms. The topological polar surface area (TPSA) is 15.3 Å². The molecule has 19 heavy (non-hydrogen) atoms. The summed E-state index contributed by atoms with van der Waals surface area (Å²) in [7, 11) is 0. The zero-order valence-electron chi connectivity index (χ0n) is 13.8. The zero-order chi connectivity index (χ0) is 14.1. The summed E-state index contributed by atoms with van der Waals surface area (Å²) >= 11 is 0. The SMILES string of the molecule is CCCCCN(C(C)C)C(C)CNC1CCCCC1. The second-order valence-electron chi connectivity index (χ2n) is 6.63. The van der Waals surface area contributed by atoms with Crippen LogP contribution in [0.1, 0.15) is 79.1 Å². The van der Waals surface area contributed by atoms with Crippen molar-refractivity contribution in [3.63, 3.8) is 0 Å². The molecule has 0 aromatic carbocycles. The van der Waals surface area contributed by atoms with Crippen LogP contribution in [0, 0.1) is 0 Å². The first-order valence-electron chi connectivity index (χ1n) is 8.64. The molecule has 1 aliphatic carbocycles. The van der Waals surface area contributed by atoms with E-state index in [0.717, 1.165) is 12.6 Å². The van der Waals surface area contributed by atoms with Gasteiger partial charge in [-0.15, -0.1) is 0 Å². The minimum absolute atomic E-state index is 0.666. The Morgan fingerprint density at radius 3 is 2.32 bits per heavy atom. The van der Waals surface area contributed by atoms with Crippen molar-refractivity contribution in [3.8, 4) is 0 Å². The Bertz CT molecular complexity index is 209. The van der Waals surface area contributed by atoms with E-state index in [4.69, 9.17) is 0 Å². The van der Waals surface area contributed by atoms with Gasteiger partial charge in [-0.2, -0.15) is 0 Å². The van der Waals surface area contributed by atoms with Crippen molar-refractivity contribution in [2.45, 2.75) is 97.2 Å². The first kappa shape index (κ1) is 17.0. The molecule has 0 radical (unpaired) electrons. The fourth-order valence-electron chi connectivity index (χ4n) is 3.29. The standard InChI is InChI=1S/C17H36N2/c1-5-6-10-13-19(15(2)3)16(4)14-18-17-11-8-7-9-12-17/h15-18H,5-14H2,1-4H3. The number of nitrogens with one attached hydrogen (secondary N) is 1. The third kappa shape index (κ3) is 6.76. The maximum Gasteiger partial charge on any atom is 0.0195 e. The average Bonchev–Trinajstić information content (AvgIpc) is 2.42. The molecule has 1 N–H and O–H groups in total. The van der Waals surface area contributed by atoms with Gasteiger partial charge in [-0.05, 0) is 46.6 Å². The third-order valence-electron chi connectivity index (χ3n) is 4.56. The van der Waals surface area contributed by atoms with Crippen molar-refractivity contribution in [1.29, 1.82) is 0 Å². The Labute approximate surface area is 121 Å². The summed E-state index contributed by atoms with van der Waals surface area (Å²) in [4.78, 5) is 2.67. The minimum Gasteiger partial charge on any atom is -0.312 e. The minimum atomic E-state index is 0.666. The molecule has 1 atom stereocenters. The highest BCUT2D eigenvalue weighted by Crippen LogP contribution is 2.17. The van der Waals surface area contributed by atoms with E-state index in [1.807, 2.05) is 0 Å². The van der Waals surface area contributed by atoms with Crippen LogP contribution in [-0.4, -0.2) is 36.1 Å². The van der Waals surface area contributed by atoms with Gasteiger partial charge in [0.2, 0.25) is 0 Å². The molecule has 0 bridgehead atoms. The Kier molecular flexibility index (Phi) is 8.72. The summed E-state index contributed by atoms with van der Waals surface area (Å²) in [5.41, 5.74) is 0. The quantitative estimate of drug-likeness (QED) is 0.631. The number of hydrogen-bond donors (Lipinski definition) is 1. The lowest BCUT2D eigenvalue weighted by Gasteiger charge is -2.34. The van der Waals surface area contributed by atoms with Crippen LogP contribution in [-0.2, 0) is 0 Å². The first-order valence-corrected chi connectivity index (χ1v) is 8.64. The molecule has 0 aromatic heterocycles. The van der Waals surface area contributed by atoms with Gasteiger partial charge in [-0.25, -0.2) is 0 Å². The molecule has 1 saturated carbocycles. The van der Waals surface area contributed by atoms with Crippen LogP contribution in [0.5, 0.6) is 0 Å². The Morgan fingerprint density at radius 2 is 1.74 bits per heavy atom. The number of hydrogen-bond acceptors (Lipinski definition) is 2.